The fraction of sp³-hybridized carbons (Fsp3) is 0.0769. The zero-order chi connectivity index (χ0) is 17.8. The van der Waals surface area contributed by atoms with E-state index >= 15 is 0 Å². The lowest BCUT2D eigenvalue weighted by molar-refractivity contribution is 1.16. The van der Waals surface area contributed by atoms with Gasteiger partial charge in [0.2, 0.25) is 0 Å². The normalized spacial score (nSPS) is 10.7. The minimum atomic E-state index is 0.952. The molecule has 0 bridgehead atoms. The number of hydrogen-bond donors (Lipinski definition) is 0. The molecule has 0 amide bonds. The molecule has 4 rings (SSSR count). The van der Waals surface area contributed by atoms with Gasteiger partial charge in [-0.3, -0.25) is 0 Å². The van der Waals surface area contributed by atoms with E-state index in [-0.39, 0.29) is 0 Å². The van der Waals surface area contributed by atoms with Crippen LogP contribution in [-0.4, -0.2) is 0 Å². The van der Waals surface area contributed by atoms with Crippen LogP contribution in [0.25, 0.3) is 22.3 Å². The third-order valence-electron chi connectivity index (χ3n) is 4.86. The van der Waals surface area contributed by atoms with Crippen molar-refractivity contribution in [3.05, 3.63) is 120 Å². The van der Waals surface area contributed by atoms with E-state index in [1.807, 2.05) is 0 Å². The Kier molecular flexibility index (Phi) is 4.66. The van der Waals surface area contributed by atoms with Crippen molar-refractivity contribution in [3.63, 3.8) is 0 Å². The summed E-state index contributed by atoms with van der Waals surface area (Å²) in [6.07, 6.45) is 0.952. The van der Waals surface area contributed by atoms with Gasteiger partial charge in [-0.05, 0) is 58.4 Å². The van der Waals surface area contributed by atoms with Gasteiger partial charge in [0.25, 0.3) is 0 Å². The second-order valence-electron chi connectivity index (χ2n) is 6.75. The maximum atomic E-state index is 2.33. The molecule has 0 atom stereocenters. The highest BCUT2D eigenvalue weighted by molar-refractivity contribution is 5.74. The van der Waals surface area contributed by atoms with Gasteiger partial charge in [-0.2, -0.15) is 0 Å². The summed E-state index contributed by atoms with van der Waals surface area (Å²) >= 11 is 0. The molecule has 0 aliphatic carbocycles. The second kappa shape index (κ2) is 7.41. The summed E-state index contributed by atoms with van der Waals surface area (Å²) in [6.45, 7) is 2.19. The summed E-state index contributed by atoms with van der Waals surface area (Å²) < 4.78 is 0. The average molecular weight is 334 g/mol. The minimum absolute atomic E-state index is 0.952. The van der Waals surface area contributed by atoms with Crippen molar-refractivity contribution in [1.82, 2.24) is 0 Å². The average Bonchev–Trinajstić information content (AvgIpc) is 2.71. The van der Waals surface area contributed by atoms with E-state index in [4.69, 9.17) is 0 Å². The highest BCUT2D eigenvalue weighted by atomic mass is 14.1. The Morgan fingerprint density at radius 1 is 0.500 bits per heavy atom. The Morgan fingerprint density at radius 2 is 1.00 bits per heavy atom. The molecule has 0 saturated heterocycles. The van der Waals surface area contributed by atoms with Gasteiger partial charge >= 0.3 is 0 Å². The SMILES string of the molecule is Cc1ccccc1Cc1cc(-c2ccccc2)cc(-c2ccccc2)c1. The highest BCUT2D eigenvalue weighted by Gasteiger charge is 2.07. The maximum Gasteiger partial charge on any atom is -0.00227 e. The van der Waals surface area contributed by atoms with Crippen LogP contribution in [0, 0.1) is 6.92 Å². The first-order valence-corrected chi connectivity index (χ1v) is 9.09. The van der Waals surface area contributed by atoms with Gasteiger partial charge in [0, 0.05) is 0 Å². The van der Waals surface area contributed by atoms with Crippen molar-refractivity contribution >= 4 is 0 Å². The van der Waals surface area contributed by atoms with Crippen molar-refractivity contribution in [3.8, 4) is 22.3 Å². The molecule has 0 N–H and O–H groups in total. The summed E-state index contributed by atoms with van der Waals surface area (Å²) in [4.78, 5) is 0. The lowest BCUT2D eigenvalue weighted by Crippen LogP contribution is -1.93. The molecule has 4 aromatic carbocycles. The fourth-order valence-electron chi connectivity index (χ4n) is 3.42. The van der Waals surface area contributed by atoms with Crippen LogP contribution in [0.15, 0.2) is 103 Å². The quantitative estimate of drug-likeness (QED) is 0.380. The molecule has 0 unspecified atom stereocenters. The first-order valence-electron chi connectivity index (χ1n) is 9.09. The molecule has 4 aromatic rings. The highest BCUT2D eigenvalue weighted by Crippen LogP contribution is 2.29. The molecule has 0 radical (unpaired) electrons. The maximum absolute atomic E-state index is 2.33. The predicted octanol–water partition coefficient (Wildman–Crippen LogP) is 6.92. The molecule has 0 heteroatoms. The van der Waals surface area contributed by atoms with E-state index in [1.54, 1.807) is 0 Å². The topological polar surface area (TPSA) is 0 Å². The van der Waals surface area contributed by atoms with Gasteiger partial charge in [0.1, 0.15) is 0 Å². The van der Waals surface area contributed by atoms with Crippen molar-refractivity contribution in [1.29, 1.82) is 0 Å². The Hall–Kier alpha value is -3.12. The van der Waals surface area contributed by atoms with E-state index < -0.39 is 0 Å². The van der Waals surface area contributed by atoms with Crippen molar-refractivity contribution in [2.45, 2.75) is 13.3 Å². The van der Waals surface area contributed by atoms with E-state index in [0.717, 1.165) is 6.42 Å². The third kappa shape index (κ3) is 3.60. The summed E-state index contributed by atoms with van der Waals surface area (Å²) in [7, 11) is 0. The Morgan fingerprint density at radius 3 is 1.54 bits per heavy atom. The Labute approximate surface area is 155 Å². The molecule has 26 heavy (non-hydrogen) atoms. The van der Waals surface area contributed by atoms with Gasteiger partial charge in [0.15, 0.2) is 0 Å². The van der Waals surface area contributed by atoms with Crippen molar-refractivity contribution in [2.75, 3.05) is 0 Å². The van der Waals surface area contributed by atoms with E-state index in [1.165, 1.54) is 38.9 Å². The largest absolute Gasteiger partial charge is 0.0622 e. The predicted molar refractivity (Wildman–Crippen MR) is 111 cm³/mol. The standard InChI is InChI=1S/C26H22/c1-20-10-8-9-15-24(20)16-21-17-25(22-11-4-2-5-12-22)19-26(18-21)23-13-6-3-7-14-23/h2-15,17-19H,16H2,1H3. The third-order valence-corrected chi connectivity index (χ3v) is 4.86. The molecule has 126 valence electrons. The van der Waals surface area contributed by atoms with Crippen molar-refractivity contribution < 1.29 is 0 Å². The van der Waals surface area contributed by atoms with E-state index in [0.29, 0.717) is 0 Å². The molecular weight excluding hydrogens is 312 g/mol. The van der Waals surface area contributed by atoms with Crippen LogP contribution in [0.5, 0.6) is 0 Å². The number of hydrogen-bond acceptors (Lipinski definition) is 0. The van der Waals surface area contributed by atoms with Crippen LogP contribution in [0.3, 0.4) is 0 Å². The summed E-state index contributed by atoms with van der Waals surface area (Å²) in [5.41, 5.74) is 9.15. The fourth-order valence-corrected chi connectivity index (χ4v) is 3.42. The summed E-state index contributed by atoms with van der Waals surface area (Å²) in [5.74, 6) is 0. The minimum Gasteiger partial charge on any atom is -0.0622 e. The number of benzene rings is 4. The lowest BCUT2D eigenvalue weighted by atomic mass is 9.93. The molecule has 0 aliphatic heterocycles. The monoisotopic (exact) mass is 334 g/mol. The zero-order valence-corrected chi connectivity index (χ0v) is 15.0. The zero-order valence-electron chi connectivity index (χ0n) is 15.0. The Bertz CT molecular complexity index is 941. The molecular formula is C26H22. The van der Waals surface area contributed by atoms with Crippen LogP contribution < -0.4 is 0 Å². The summed E-state index contributed by atoms with van der Waals surface area (Å²) in [5, 5.41) is 0. The van der Waals surface area contributed by atoms with Gasteiger partial charge in [-0.15, -0.1) is 0 Å². The smallest absolute Gasteiger partial charge is 0.00227 e. The number of aryl methyl sites for hydroxylation is 1. The molecule has 0 aromatic heterocycles. The molecule has 0 nitrogen and oxygen atoms in total. The lowest BCUT2D eigenvalue weighted by Gasteiger charge is -2.12. The van der Waals surface area contributed by atoms with Crippen LogP contribution in [0.4, 0.5) is 0 Å². The second-order valence-corrected chi connectivity index (χ2v) is 6.75. The van der Waals surface area contributed by atoms with E-state index in [2.05, 4.69) is 110 Å². The van der Waals surface area contributed by atoms with Gasteiger partial charge in [0.05, 0.1) is 0 Å². The first kappa shape index (κ1) is 16.4. The first-order chi connectivity index (χ1) is 12.8. The van der Waals surface area contributed by atoms with Crippen LogP contribution in [-0.2, 0) is 6.42 Å². The number of rotatable bonds is 4. The molecule has 0 heterocycles. The van der Waals surface area contributed by atoms with Crippen LogP contribution >= 0.6 is 0 Å². The molecule has 0 saturated carbocycles. The van der Waals surface area contributed by atoms with Gasteiger partial charge < -0.3 is 0 Å². The van der Waals surface area contributed by atoms with Gasteiger partial charge in [-0.25, -0.2) is 0 Å². The summed E-state index contributed by atoms with van der Waals surface area (Å²) in [6, 6.07) is 36.9. The van der Waals surface area contributed by atoms with Gasteiger partial charge in [-0.1, -0.05) is 97.1 Å². The van der Waals surface area contributed by atoms with Crippen LogP contribution in [0.1, 0.15) is 16.7 Å². The van der Waals surface area contributed by atoms with Crippen molar-refractivity contribution in [2.24, 2.45) is 0 Å². The molecule has 0 aliphatic rings. The van der Waals surface area contributed by atoms with Crippen LogP contribution in [0.2, 0.25) is 0 Å². The Balaban J connectivity index is 1.82. The van der Waals surface area contributed by atoms with E-state index in [9.17, 15) is 0 Å². The molecule has 0 fully saturated rings. The molecule has 0 spiro atoms.